The van der Waals surface area contributed by atoms with Gasteiger partial charge in [0.2, 0.25) is 15.9 Å². The first-order chi connectivity index (χ1) is 13.4. The van der Waals surface area contributed by atoms with Gasteiger partial charge in [0.15, 0.2) is 0 Å². The van der Waals surface area contributed by atoms with Crippen molar-refractivity contribution in [2.75, 3.05) is 32.7 Å². The molecule has 0 unspecified atom stereocenters. The van der Waals surface area contributed by atoms with Gasteiger partial charge in [-0.2, -0.15) is 4.31 Å². The van der Waals surface area contributed by atoms with Gasteiger partial charge in [0.1, 0.15) is 0 Å². The van der Waals surface area contributed by atoms with Crippen LogP contribution < -0.4 is 5.32 Å². The van der Waals surface area contributed by atoms with E-state index in [9.17, 15) is 13.2 Å². The van der Waals surface area contributed by atoms with Gasteiger partial charge in [-0.15, -0.1) is 0 Å². The lowest BCUT2D eigenvalue weighted by Crippen LogP contribution is -2.51. The number of carbonyl (C=O) groups excluding carboxylic acids is 1. The highest BCUT2D eigenvalue weighted by Crippen LogP contribution is 2.18. The molecule has 1 fully saturated rings. The number of benzene rings is 2. The molecular formula is C20H24ClN3O3S. The van der Waals surface area contributed by atoms with Crippen LogP contribution in [0.1, 0.15) is 18.5 Å². The number of nitrogens with zero attached hydrogens (tertiary/aromatic N) is 2. The quantitative estimate of drug-likeness (QED) is 0.778. The monoisotopic (exact) mass is 421 g/mol. The zero-order valence-electron chi connectivity index (χ0n) is 15.7. The van der Waals surface area contributed by atoms with Crippen LogP contribution in [0.3, 0.4) is 0 Å². The standard InChI is InChI=1S/C20H24ClN3O3S/c1-16(17-6-5-7-18(21)14-17)22-20(25)15-23-10-12-24(13-11-23)28(26,27)19-8-3-2-4-9-19/h2-9,14,16H,10-13,15H2,1H3,(H,22,25)/t16-/m1/s1. The molecule has 1 aliphatic heterocycles. The average molecular weight is 422 g/mol. The fraction of sp³-hybridized carbons (Fsp3) is 0.350. The number of halogens is 1. The smallest absolute Gasteiger partial charge is 0.243 e. The highest BCUT2D eigenvalue weighted by atomic mass is 35.5. The van der Waals surface area contributed by atoms with Crippen LogP contribution in [0.25, 0.3) is 0 Å². The Morgan fingerprint density at radius 2 is 1.75 bits per heavy atom. The van der Waals surface area contributed by atoms with E-state index < -0.39 is 10.0 Å². The Morgan fingerprint density at radius 3 is 2.39 bits per heavy atom. The van der Waals surface area contributed by atoms with Gasteiger partial charge >= 0.3 is 0 Å². The molecule has 0 aliphatic carbocycles. The molecule has 0 aromatic heterocycles. The summed E-state index contributed by atoms with van der Waals surface area (Å²) in [5.41, 5.74) is 0.944. The van der Waals surface area contributed by atoms with E-state index in [1.165, 1.54) is 4.31 Å². The summed E-state index contributed by atoms with van der Waals surface area (Å²) in [4.78, 5) is 14.6. The van der Waals surface area contributed by atoms with E-state index >= 15 is 0 Å². The molecule has 1 N–H and O–H groups in total. The van der Waals surface area contributed by atoms with Gasteiger partial charge < -0.3 is 5.32 Å². The molecule has 0 spiro atoms. The molecule has 1 aliphatic rings. The van der Waals surface area contributed by atoms with Gasteiger partial charge in [-0.1, -0.05) is 41.9 Å². The van der Waals surface area contributed by atoms with Crippen molar-refractivity contribution in [1.82, 2.24) is 14.5 Å². The van der Waals surface area contributed by atoms with E-state index in [1.807, 2.05) is 30.0 Å². The number of piperazine rings is 1. The fourth-order valence-electron chi connectivity index (χ4n) is 3.22. The van der Waals surface area contributed by atoms with Crippen LogP contribution in [0.2, 0.25) is 5.02 Å². The Labute approximate surface area is 171 Å². The van der Waals surface area contributed by atoms with Gasteiger partial charge in [0, 0.05) is 31.2 Å². The molecule has 28 heavy (non-hydrogen) atoms. The first-order valence-corrected chi connectivity index (χ1v) is 11.0. The predicted molar refractivity (Wildman–Crippen MR) is 110 cm³/mol. The minimum absolute atomic E-state index is 0.0909. The topological polar surface area (TPSA) is 69.7 Å². The van der Waals surface area contributed by atoms with Gasteiger partial charge in [0.25, 0.3) is 0 Å². The third kappa shape index (κ3) is 5.11. The second kappa shape index (κ2) is 9.05. The summed E-state index contributed by atoms with van der Waals surface area (Å²) >= 11 is 6.00. The molecule has 8 heteroatoms. The zero-order valence-corrected chi connectivity index (χ0v) is 17.3. The molecule has 0 radical (unpaired) electrons. The predicted octanol–water partition coefficient (Wildman–Crippen LogP) is 2.52. The third-order valence-corrected chi connectivity index (χ3v) is 6.95. The van der Waals surface area contributed by atoms with E-state index in [1.54, 1.807) is 36.4 Å². The minimum atomic E-state index is -3.48. The van der Waals surface area contributed by atoms with Crippen molar-refractivity contribution in [3.8, 4) is 0 Å². The lowest BCUT2D eigenvalue weighted by molar-refractivity contribution is -0.123. The highest BCUT2D eigenvalue weighted by Gasteiger charge is 2.29. The van der Waals surface area contributed by atoms with Crippen LogP contribution in [0, 0.1) is 0 Å². The van der Waals surface area contributed by atoms with E-state index in [-0.39, 0.29) is 18.5 Å². The van der Waals surface area contributed by atoms with E-state index in [0.717, 1.165) is 5.56 Å². The largest absolute Gasteiger partial charge is 0.348 e. The molecule has 1 amide bonds. The molecule has 2 aromatic carbocycles. The summed E-state index contributed by atoms with van der Waals surface area (Å²) in [7, 11) is -3.48. The lowest BCUT2D eigenvalue weighted by Gasteiger charge is -2.33. The Hall–Kier alpha value is -1.93. The van der Waals surface area contributed by atoms with Gasteiger partial charge in [-0.3, -0.25) is 9.69 Å². The van der Waals surface area contributed by atoms with Crippen LogP contribution in [0.5, 0.6) is 0 Å². The van der Waals surface area contributed by atoms with Crippen molar-refractivity contribution in [2.24, 2.45) is 0 Å². The molecule has 1 heterocycles. The van der Waals surface area contributed by atoms with Crippen molar-refractivity contribution in [3.63, 3.8) is 0 Å². The van der Waals surface area contributed by atoms with Crippen molar-refractivity contribution in [2.45, 2.75) is 17.9 Å². The van der Waals surface area contributed by atoms with Crippen LogP contribution >= 0.6 is 11.6 Å². The Bertz CT molecular complexity index is 913. The fourth-order valence-corrected chi connectivity index (χ4v) is 4.86. The molecule has 150 valence electrons. The SMILES string of the molecule is C[C@@H](NC(=O)CN1CCN(S(=O)(=O)c2ccccc2)CC1)c1cccc(Cl)c1. The number of sulfonamides is 1. The summed E-state index contributed by atoms with van der Waals surface area (Å²) in [5.74, 6) is -0.0909. The van der Waals surface area contributed by atoms with E-state index in [0.29, 0.717) is 36.1 Å². The first-order valence-electron chi connectivity index (χ1n) is 9.18. The van der Waals surface area contributed by atoms with Crippen molar-refractivity contribution in [3.05, 3.63) is 65.2 Å². The van der Waals surface area contributed by atoms with E-state index in [2.05, 4.69) is 5.32 Å². The molecule has 0 bridgehead atoms. The van der Waals surface area contributed by atoms with E-state index in [4.69, 9.17) is 11.6 Å². The van der Waals surface area contributed by atoms with Gasteiger partial charge in [0.05, 0.1) is 17.5 Å². The second-order valence-electron chi connectivity index (χ2n) is 6.84. The number of nitrogens with one attached hydrogen (secondary N) is 1. The zero-order chi connectivity index (χ0) is 20.1. The van der Waals surface area contributed by atoms with Crippen LogP contribution in [0.4, 0.5) is 0 Å². The van der Waals surface area contributed by atoms with Crippen LogP contribution in [0.15, 0.2) is 59.5 Å². The Kier molecular flexibility index (Phi) is 6.72. The number of carbonyl (C=O) groups is 1. The maximum absolute atomic E-state index is 12.7. The molecular weight excluding hydrogens is 398 g/mol. The Balaban J connectivity index is 1.51. The maximum Gasteiger partial charge on any atom is 0.243 e. The van der Waals surface area contributed by atoms with Crippen LogP contribution in [-0.2, 0) is 14.8 Å². The lowest BCUT2D eigenvalue weighted by atomic mass is 10.1. The molecule has 6 nitrogen and oxygen atoms in total. The first kappa shape index (κ1) is 20.8. The number of hydrogen-bond acceptors (Lipinski definition) is 4. The summed E-state index contributed by atoms with van der Waals surface area (Å²) in [5, 5.41) is 3.60. The number of amides is 1. The summed E-state index contributed by atoms with van der Waals surface area (Å²) < 4.78 is 26.8. The second-order valence-corrected chi connectivity index (χ2v) is 9.21. The molecule has 3 rings (SSSR count). The van der Waals surface area contributed by atoms with Gasteiger partial charge in [-0.25, -0.2) is 8.42 Å². The maximum atomic E-state index is 12.7. The molecule has 1 saturated heterocycles. The summed E-state index contributed by atoms with van der Waals surface area (Å²) in [6.45, 7) is 3.93. The van der Waals surface area contributed by atoms with Crippen molar-refractivity contribution in [1.29, 1.82) is 0 Å². The third-order valence-electron chi connectivity index (χ3n) is 4.81. The van der Waals surface area contributed by atoms with Gasteiger partial charge in [-0.05, 0) is 36.8 Å². The number of rotatable bonds is 6. The van der Waals surface area contributed by atoms with Crippen LogP contribution in [-0.4, -0.2) is 56.3 Å². The summed E-state index contributed by atoms with van der Waals surface area (Å²) in [6.07, 6.45) is 0. The minimum Gasteiger partial charge on any atom is -0.348 e. The van der Waals surface area contributed by atoms with Crippen molar-refractivity contribution < 1.29 is 13.2 Å². The Morgan fingerprint density at radius 1 is 1.07 bits per heavy atom. The average Bonchev–Trinajstić information content (AvgIpc) is 2.69. The highest BCUT2D eigenvalue weighted by molar-refractivity contribution is 7.89. The molecule has 2 aromatic rings. The van der Waals surface area contributed by atoms with Crippen molar-refractivity contribution >= 4 is 27.5 Å². The normalized spacial score (nSPS) is 17.2. The molecule has 0 saturated carbocycles. The molecule has 1 atom stereocenters. The summed E-state index contributed by atoms with van der Waals surface area (Å²) in [6, 6.07) is 15.7. The number of hydrogen-bond donors (Lipinski definition) is 1.